The van der Waals surface area contributed by atoms with Crippen LogP contribution in [0.2, 0.25) is 0 Å². The molecule has 0 radical (unpaired) electrons. The second-order valence-electron chi connectivity index (χ2n) is 5.96. The topological polar surface area (TPSA) is 59.2 Å². The summed E-state index contributed by atoms with van der Waals surface area (Å²) in [4.78, 5) is 4.57. The average Bonchev–Trinajstić information content (AvgIpc) is 2.87. The van der Waals surface area contributed by atoms with Crippen LogP contribution in [0.15, 0.2) is 34.9 Å². The third-order valence-corrected chi connectivity index (χ3v) is 4.46. The summed E-state index contributed by atoms with van der Waals surface area (Å²) >= 11 is 0. The van der Waals surface area contributed by atoms with Gasteiger partial charge >= 0.3 is 0 Å². The standard InChI is InChI=1S/C17H22N2O2/c1-2-7-14(20)12-15-18-16(19-21-15)17(10-6-11-17)13-8-4-3-5-9-13/h3-5,8-9,14,20H,2,6-7,10-12H2,1H3. The molecule has 1 fully saturated rings. The molecule has 1 aliphatic carbocycles. The minimum Gasteiger partial charge on any atom is -0.393 e. The number of aliphatic hydroxyl groups excluding tert-OH is 1. The number of rotatable bonds is 6. The molecule has 1 N–H and O–H groups in total. The van der Waals surface area contributed by atoms with E-state index in [-0.39, 0.29) is 5.41 Å². The molecule has 2 aromatic rings. The van der Waals surface area contributed by atoms with Crippen LogP contribution >= 0.6 is 0 Å². The molecule has 21 heavy (non-hydrogen) atoms. The van der Waals surface area contributed by atoms with Gasteiger partial charge in [-0.2, -0.15) is 4.98 Å². The molecule has 1 saturated carbocycles. The molecule has 1 aliphatic rings. The van der Waals surface area contributed by atoms with Crippen LogP contribution in [0.3, 0.4) is 0 Å². The Labute approximate surface area is 125 Å². The zero-order chi connectivity index (χ0) is 14.7. The van der Waals surface area contributed by atoms with Gasteiger partial charge in [0.25, 0.3) is 0 Å². The van der Waals surface area contributed by atoms with E-state index < -0.39 is 6.10 Å². The van der Waals surface area contributed by atoms with E-state index in [0.717, 1.165) is 31.5 Å². The molecule has 1 aromatic carbocycles. The lowest BCUT2D eigenvalue weighted by molar-refractivity contribution is 0.151. The third-order valence-electron chi connectivity index (χ3n) is 4.46. The van der Waals surface area contributed by atoms with Crippen molar-refractivity contribution in [1.82, 2.24) is 10.1 Å². The summed E-state index contributed by atoms with van der Waals surface area (Å²) in [5.41, 5.74) is 1.18. The van der Waals surface area contributed by atoms with Crippen molar-refractivity contribution in [1.29, 1.82) is 0 Å². The summed E-state index contributed by atoms with van der Waals surface area (Å²) in [6.45, 7) is 2.06. The first-order chi connectivity index (χ1) is 10.2. The van der Waals surface area contributed by atoms with Gasteiger partial charge in [-0.15, -0.1) is 0 Å². The first-order valence-corrected chi connectivity index (χ1v) is 7.81. The monoisotopic (exact) mass is 286 g/mol. The smallest absolute Gasteiger partial charge is 0.229 e. The van der Waals surface area contributed by atoms with Gasteiger partial charge in [0.05, 0.1) is 17.9 Å². The Hall–Kier alpha value is -1.68. The Morgan fingerprint density at radius 2 is 2.05 bits per heavy atom. The van der Waals surface area contributed by atoms with Crippen molar-refractivity contribution in [3.63, 3.8) is 0 Å². The lowest BCUT2D eigenvalue weighted by Crippen LogP contribution is -2.36. The quantitative estimate of drug-likeness (QED) is 0.885. The Morgan fingerprint density at radius 3 is 2.67 bits per heavy atom. The van der Waals surface area contributed by atoms with E-state index in [1.807, 2.05) is 6.07 Å². The minimum atomic E-state index is -0.391. The van der Waals surface area contributed by atoms with Crippen LogP contribution in [0.5, 0.6) is 0 Å². The van der Waals surface area contributed by atoms with Crippen molar-refractivity contribution in [3.8, 4) is 0 Å². The van der Waals surface area contributed by atoms with E-state index in [0.29, 0.717) is 12.3 Å². The lowest BCUT2D eigenvalue weighted by Gasteiger charge is -2.39. The number of nitrogens with zero attached hydrogens (tertiary/aromatic N) is 2. The van der Waals surface area contributed by atoms with Gasteiger partial charge in [-0.1, -0.05) is 55.3 Å². The number of aromatic nitrogens is 2. The Bertz CT molecular complexity index is 575. The Kier molecular flexibility index (Phi) is 4.06. The molecule has 0 spiro atoms. The number of aliphatic hydroxyl groups is 1. The summed E-state index contributed by atoms with van der Waals surface area (Å²) in [5, 5.41) is 14.1. The lowest BCUT2D eigenvalue weighted by atomic mass is 9.64. The SMILES string of the molecule is CCCC(O)Cc1nc(C2(c3ccccc3)CCC2)no1. The fourth-order valence-electron chi connectivity index (χ4n) is 3.10. The molecule has 0 saturated heterocycles. The van der Waals surface area contributed by atoms with Crippen molar-refractivity contribution in [3.05, 3.63) is 47.6 Å². The number of hydrogen-bond donors (Lipinski definition) is 1. The molecule has 0 amide bonds. The normalized spacial score (nSPS) is 18.2. The predicted molar refractivity (Wildman–Crippen MR) is 80.0 cm³/mol. The van der Waals surface area contributed by atoms with Crippen LogP contribution < -0.4 is 0 Å². The zero-order valence-corrected chi connectivity index (χ0v) is 12.5. The number of benzene rings is 1. The second-order valence-corrected chi connectivity index (χ2v) is 5.96. The summed E-state index contributed by atoms with van der Waals surface area (Å²) in [7, 11) is 0. The molecule has 1 heterocycles. The highest BCUT2D eigenvalue weighted by Crippen LogP contribution is 2.47. The van der Waals surface area contributed by atoms with Crippen LogP contribution in [0.1, 0.15) is 56.3 Å². The average molecular weight is 286 g/mol. The Balaban J connectivity index is 1.81. The van der Waals surface area contributed by atoms with Crippen molar-refractivity contribution >= 4 is 0 Å². The van der Waals surface area contributed by atoms with Crippen molar-refractivity contribution < 1.29 is 9.63 Å². The maximum Gasteiger partial charge on any atom is 0.229 e. The predicted octanol–water partition coefficient (Wildman–Crippen LogP) is 3.24. The van der Waals surface area contributed by atoms with E-state index in [1.165, 1.54) is 12.0 Å². The minimum absolute atomic E-state index is 0.0846. The van der Waals surface area contributed by atoms with Gasteiger partial charge in [-0.3, -0.25) is 0 Å². The number of hydrogen-bond acceptors (Lipinski definition) is 4. The maximum atomic E-state index is 9.88. The first-order valence-electron chi connectivity index (χ1n) is 7.81. The van der Waals surface area contributed by atoms with Gasteiger partial charge in [0.1, 0.15) is 0 Å². The summed E-state index contributed by atoms with van der Waals surface area (Å²) in [6, 6.07) is 10.4. The highest BCUT2D eigenvalue weighted by atomic mass is 16.5. The van der Waals surface area contributed by atoms with E-state index in [1.54, 1.807) is 0 Å². The van der Waals surface area contributed by atoms with E-state index in [2.05, 4.69) is 41.3 Å². The maximum absolute atomic E-state index is 9.88. The molecule has 4 nitrogen and oxygen atoms in total. The van der Waals surface area contributed by atoms with Crippen molar-refractivity contribution in [2.75, 3.05) is 0 Å². The molecular formula is C17H22N2O2. The van der Waals surface area contributed by atoms with Gasteiger partial charge < -0.3 is 9.63 Å². The molecule has 1 unspecified atom stereocenters. The zero-order valence-electron chi connectivity index (χ0n) is 12.5. The Morgan fingerprint density at radius 1 is 1.29 bits per heavy atom. The molecule has 112 valence electrons. The van der Waals surface area contributed by atoms with Gasteiger partial charge in [-0.25, -0.2) is 0 Å². The summed E-state index contributed by atoms with van der Waals surface area (Å²) in [6.07, 6.45) is 5.10. The molecule has 1 atom stereocenters. The summed E-state index contributed by atoms with van der Waals surface area (Å²) in [5.74, 6) is 1.33. The highest BCUT2D eigenvalue weighted by Gasteiger charge is 2.44. The first kappa shape index (κ1) is 14.3. The van der Waals surface area contributed by atoms with Crippen LogP contribution in [0, 0.1) is 0 Å². The van der Waals surface area contributed by atoms with Crippen LogP contribution in [-0.2, 0) is 11.8 Å². The van der Waals surface area contributed by atoms with Gasteiger partial charge in [0, 0.05) is 0 Å². The van der Waals surface area contributed by atoms with E-state index >= 15 is 0 Å². The van der Waals surface area contributed by atoms with Gasteiger partial charge in [0.2, 0.25) is 5.89 Å². The van der Waals surface area contributed by atoms with Gasteiger partial charge in [-0.05, 0) is 24.8 Å². The molecule has 0 bridgehead atoms. The largest absolute Gasteiger partial charge is 0.393 e. The molecular weight excluding hydrogens is 264 g/mol. The van der Waals surface area contributed by atoms with Gasteiger partial charge in [0.15, 0.2) is 5.82 Å². The highest BCUT2D eigenvalue weighted by molar-refractivity contribution is 5.35. The van der Waals surface area contributed by atoms with Crippen LogP contribution in [0.4, 0.5) is 0 Å². The van der Waals surface area contributed by atoms with Crippen LogP contribution in [-0.4, -0.2) is 21.4 Å². The fraction of sp³-hybridized carbons (Fsp3) is 0.529. The molecule has 1 aromatic heterocycles. The fourth-order valence-corrected chi connectivity index (χ4v) is 3.10. The van der Waals surface area contributed by atoms with E-state index in [4.69, 9.17) is 4.52 Å². The molecule has 0 aliphatic heterocycles. The van der Waals surface area contributed by atoms with Crippen molar-refractivity contribution in [2.24, 2.45) is 0 Å². The van der Waals surface area contributed by atoms with Crippen molar-refractivity contribution in [2.45, 2.75) is 57.0 Å². The van der Waals surface area contributed by atoms with Crippen LogP contribution in [0.25, 0.3) is 0 Å². The summed E-state index contributed by atoms with van der Waals surface area (Å²) < 4.78 is 5.36. The second kappa shape index (κ2) is 5.98. The van der Waals surface area contributed by atoms with E-state index in [9.17, 15) is 5.11 Å². The molecule has 4 heteroatoms. The third kappa shape index (κ3) is 2.72. The molecule has 3 rings (SSSR count).